The van der Waals surface area contributed by atoms with Crippen LogP contribution in [-0.2, 0) is 6.42 Å². The number of phenols is 2. The van der Waals surface area contributed by atoms with Crippen molar-refractivity contribution in [2.45, 2.75) is 26.3 Å². The molecular formula is C14H20N4O3. The van der Waals surface area contributed by atoms with Crippen LogP contribution >= 0.6 is 0 Å². The van der Waals surface area contributed by atoms with Crippen molar-refractivity contribution in [3.8, 4) is 11.5 Å². The van der Waals surface area contributed by atoms with Crippen LogP contribution < -0.4 is 10.6 Å². The third-order valence-corrected chi connectivity index (χ3v) is 3.29. The van der Waals surface area contributed by atoms with Gasteiger partial charge in [-0.05, 0) is 43.1 Å². The monoisotopic (exact) mass is 292 g/mol. The van der Waals surface area contributed by atoms with Gasteiger partial charge in [0.25, 0.3) is 5.95 Å². The molecule has 1 aromatic carbocycles. The van der Waals surface area contributed by atoms with Gasteiger partial charge >= 0.3 is 0 Å². The van der Waals surface area contributed by atoms with Crippen LogP contribution in [0.3, 0.4) is 0 Å². The van der Waals surface area contributed by atoms with Crippen molar-refractivity contribution >= 4 is 5.95 Å². The van der Waals surface area contributed by atoms with Gasteiger partial charge in [0, 0.05) is 13.1 Å². The predicted molar refractivity (Wildman–Crippen MR) is 78.3 cm³/mol. The Morgan fingerprint density at radius 1 is 1.24 bits per heavy atom. The van der Waals surface area contributed by atoms with Crippen molar-refractivity contribution in [1.29, 1.82) is 0 Å². The Balaban J connectivity index is 2.09. The largest absolute Gasteiger partial charge is 0.504 e. The van der Waals surface area contributed by atoms with Gasteiger partial charge in [-0.1, -0.05) is 6.07 Å². The van der Waals surface area contributed by atoms with Crippen molar-refractivity contribution in [2.75, 3.05) is 18.0 Å². The summed E-state index contributed by atoms with van der Waals surface area (Å²) in [5, 5.41) is 22.7. The molecule has 114 valence electrons. The summed E-state index contributed by atoms with van der Waals surface area (Å²) < 4.78 is 5.20. The fraction of sp³-hybridized carbons (Fsp3) is 0.429. The van der Waals surface area contributed by atoms with Crippen LogP contribution in [-0.4, -0.2) is 33.4 Å². The topological polar surface area (TPSA) is 109 Å². The number of aromatic hydroxyl groups is 2. The molecule has 4 N–H and O–H groups in total. The van der Waals surface area contributed by atoms with Crippen molar-refractivity contribution < 1.29 is 14.7 Å². The minimum absolute atomic E-state index is 0.158. The van der Waals surface area contributed by atoms with Gasteiger partial charge in [-0.3, -0.25) is 0 Å². The van der Waals surface area contributed by atoms with E-state index in [-0.39, 0.29) is 11.5 Å². The molecular weight excluding hydrogens is 272 g/mol. The first-order valence-electron chi connectivity index (χ1n) is 6.90. The minimum atomic E-state index is -0.467. The first kappa shape index (κ1) is 15.1. The van der Waals surface area contributed by atoms with Crippen molar-refractivity contribution in [1.82, 2.24) is 10.1 Å². The molecule has 21 heavy (non-hydrogen) atoms. The Labute approximate surface area is 123 Å². The van der Waals surface area contributed by atoms with E-state index in [1.807, 2.05) is 18.7 Å². The minimum Gasteiger partial charge on any atom is -0.504 e. The SMILES string of the molecule is CCN(CC)c1noc(C(N)Cc2ccc(O)c(O)c2)n1. The van der Waals surface area contributed by atoms with Crippen LogP contribution in [0.1, 0.15) is 31.3 Å². The van der Waals surface area contributed by atoms with Gasteiger partial charge in [0.2, 0.25) is 5.89 Å². The highest BCUT2D eigenvalue weighted by Crippen LogP contribution is 2.27. The lowest BCUT2D eigenvalue weighted by atomic mass is 10.1. The molecule has 7 nitrogen and oxygen atoms in total. The predicted octanol–water partition coefficient (Wildman–Crippen LogP) is 1.57. The fourth-order valence-electron chi connectivity index (χ4n) is 2.05. The molecule has 1 aromatic heterocycles. The summed E-state index contributed by atoms with van der Waals surface area (Å²) >= 11 is 0. The number of aromatic nitrogens is 2. The maximum atomic E-state index is 9.48. The number of hydrogen-bond acceptors (Lipinski definition) is 7. The maximum absolute atomic E-state index is 9.48. The van der Waals surface area contributed by atoms with Crippen LogP contribution in [0.25, 0.3) is 0 Å². The van der Waals surface area contributed by atoms with E-state index in [9.17, 15) is 10.2 Å². The zero-order chi connectivity index (χ0) is 15.4. The van der Waals surface area contributed by atoms with E-state index in [2.05, 4.69) is 10.1 Å². The zero-order valence-electron chi connectivity index (χ0n) is 12.2. The summed E-state index contributed by atoms with van der Waals surface area (Å²) in [5.74, 6) is 0.548. The lowest BCUT2D eigenvalue weighted by Crippen LogP contribution is -2.23. The number of nitrogens with two attached hydrogens (primary N) is 1. The van der Waals surface area contributed by atoms with Gasteiger partial charge in [-0.2, -0.15) is 4.98 Å². The molecule has 2 rings (SSSR count). The number of nitrogens with zero attached hydrogens (tertiary/aromatic N) is 3. The summed E-state index contributed by atoms with van der Waals surface area (Å²) in [4.78, 5) is 6.26. The second kappa shape index (κ2) is 6.45. The molecule has 0 fully saturated rings. The average molecular weight is 292 g/mol. The second-order valence-electron chi connectivity index (χ2n) is 4.74. The third-order valence-electron chi connectivity index (χ3n) is 3.29. The van der Waals surface area contributed by atoms with Gasteiger partial charge in [-0.25, -0.2) is 0 Å². The van der Waals surface area contributed by atoms with Gasteiger partial charge in [0.1, 0.15) is 0 Å². The lowest BCUT2D eigenvalue weighted by Gasteiger charge is -2.14. The quantitative estimate of drug-likeness (QED) is 0.693. The maximum Gasteiger partial charge on any atom is 0.266 e. The molecule has 0 bridgehead atoms. The molecule has 0 saturated carbocycles. The number of phenolic OH excluding ortho intramolecular Hbond substituents is 2. The third kappa shape index (κ3) is 3.43. The highest BCUT2D eigenvalue weighted by molar-refractivity contribution is 5.40. The summed E-state index contributed by atoms with van der Waals surface area (Å²) in [6.45, 7) is 5.60. The Bertz CT molecular complexity index is 596. The van der Waals surface area contributed by atoms with E-state index in [0.29, 0.717) is 18.3 Å². The zero-order valence-corrected chi connectivity index (χ0v) is 12.2. The molecule has 7 heteroatoms. The molecule has 0 aliphatic rings. The summed E-state index contributed by atoms with van der Waals surface area (Å²) in [5.41, 5.74) is 6.83. The van der Waals surface area contributed by atoms with Gasteiger partial charge < -0.3 is 25.4 Å². The van der Waals surface area contributed by atoms with E-state index >= 15 is 0 Å². The van der Waals surface area contributed by atoms with Gasteiger partial charge in [0.05, 0.1) is 6.04 Å². The van der Waals surface area contributed by atoms with Crippen LogP contribution in [0, 0.1) is 0 Å². The summed E-state index contributed by atoms with van der Waals surface area (Å²) in [7, 11) is 0. The highest BCUT2D eigenvalue weighted by Gasteiger charge is 2.18. The Hall–Kier alpha value is -2.28. The lowest BCUT2D eigenvalue weighted by molar-refractivity contribution is 0.353. The number of benzene rings is 1. The number of anilines is 1. The van der Waals surface area contributed by atoms with E-state index < -0.39 is 6.04 Å². The van der Waals surface area contributed by atoms with Crippen LogP contribution in [0.2, 0.25) is 0 Å². The molecule has 0 aliphatic heterocycles. The molecule has 0 radical (unpaired) electrons. The van der Waals surface area contributed by atoms with E-state index in [0.717, 1.165) is 18.7 Å². The number of hydrogen-bond donors (Lipinski definition) is 3. The first-order valence-corrected chi connectivity index (χ1v) is 6.90. The van der Waals surface area contributed by atoms with E-state index in [1.165, 1.54) is 12.1 Å². The van der Waals surface area contributed by atoms with Gasteiger partial charge in [0.15, 0.2) is 11.5 Å². The van der Waals surface area contributed by atoms with Crippen LogP contribution in [0.5, 0.6) is 11.5 Å². The first-order chi connectivity index (χ1) is 10.0. The Morgan fingerprint density at radius 3 is 2.57 bits per heavy atom. The normalized spacial score (nSPS) is 12.3. The molecule has 1 atom stereocenters. The molecule has 0 amide bonds. The van der Waals surface area contributed by atoms with E-state index in [1.54, 1.807) is 6.07 Å². The Kier molecular flexibility index (Phi) is 4.64. The van der Waals surface area contributed by atoms with Crippen molar-refractivity contribution in [3.63, 3.8) is 0 Å². The molecule has 0 saturated heterocycles. The summed E-state index contributed by atoms with van der Waals surface area (Å²) in [6, 6.07) is 4.12. The molecule has 2 aromatic rings. The number of rotatable bonds is 6. The van der Waals surface area contributed by atoms with Crippen molar-refractivity contribution in [2.24, 2.45) is 5.73 Å². The van der Waals surface area contributed by atoms with Crippen LogP contribution in [0.4, 0.5) is 5.95 Å². The second-order valence-corrected chi connectivity index (χ2v) is 4.74. The molecule has 0 aliphatic carbocycles. The van der Waals surface area contributed by atoms with Crippen LogP contribution in [0.15, 0.2) is 22.7 Å². The standard InChI is InChI=1S/C14H20N4O3/c1-3-18(4-2)14-16-13(21-17-14)10(15)7-9-5-6-11(19)12(20)8-9/h5-6,8,10,19-20H,3-4,7,15H2,1-2H3. The average Bonchev–Trinajstić information content (AvgIpc) is 2.94. The van der Waals surface area contributed by atoms with Gasteiger partial charge in [-0.15, -0.1) is 0 Å². The Morgan fingerprint density at radius 2 is 1.95 bits per heavy atom. The van der Waals surface area contributed by atoms with E-state index in [4.69, 9.17) is 10.3 Å². The van der Waals surface area contributed by atoms with Crippen molar-refractivity contribution in [3.05, 3.63) is 29.7 Å². The fourth-order valence-corrected chi connectivity index (χ4v) is 2.05. The highest BCUT2D eigenvalue weighted by atomic mass is 16.5. The molecule has 1 heterocycles. The molecule has 1 unspecified atom stereocenters. The smallest absolute Gasteiger partial charge is 0.266 e. The molecule has 0 spiro atoms. The summed E-state index contributed by atoms with van der Waals surface area (Å²) in [6.07, 6.45) is 0.424.